The van der Waals surface area contributed by atoms with Crippen LogP contribution >= 0.6 is 38.5 Å². The van der Waals surface area contributed by atoms with E-state index in [-0.39, 0.29) is 5.69 Å². The summed E-state index contributed by atoms with van der Waals surface area (Å²) >= 11 is 5.65. The van der Waals surface area contributed by atoms with E-state index in [2.05, 4.69) is 48.8 Å². The first-order valence-corrected chi connectivity index (χ1v) is 6.86. The smallest absolute Gasteiger partial charge is 0.354 e. The summed E-state index contributed by atoms with van der Waals surface area (Å²) in [5.74, 6) is -0.537. The van der Waals surface area contributed by atoms with Crippen LogP contribution in [0.4, 0.5) is 11.5 Å². The number of anilines is 2. The number of halogens is 2. The summed E-state index contributed by atoms with van der Waals surface area (Å²) in [5, 5.41) is 11.9. The van der Waals surface area contributed by atoms with Gasteiger partial charge in [-0.1, -0.05) is 6.07 Å². The lowest BCUT2D eigenvalue weighted by atomic mass is 10.3. The highest BCUT2D eigenvalue weighted by Gasteiger charge is 2.05. The molecule has 2 aromatic rings. The molecular formula is C12H8BrIN2O2. The Morgan fingerprint density at radius 2 is 2.11 bits per heavy atom. The standard InChI is InChI=1S/C12H8BrIN2O2/c13-8-6-7(4-5-9(8)14)15-11-3-1-2-10(16-11)12(17)18/h1-6H,(H,15,16)(H,17,18). The van der Waals surface area contributed by atoms with Crippen LogP contribution in [0.15, 0.2) is 40.9 Å². The quantitative estimate of drug-likeness (QED) is 0.742. The van der Waals surface area contributed by atoms with Gasteiger partial charge in [0, 0.05) is 13.7 Å². The lowest BCUT2D eigenvalue weighted by molar-refractivity contribution is 0.0690. The van der Waals surface area contributed by atoms with Crippen molar-refractivity contribution in [2.75, 3.05) is 5.32 Å². The van der Waals surface area contributed by atoms with Gasteiger partial charge in [0.05, 0.1) is 0 Å². The fraction of sp³-hybridized carbons (Fsp3) is 0. The number of rotatable bonds is 3. The molecule has 0 fully saturated rings. The van der Waals surface area contributed by atoms with E-state index in [1.807, 2.05) is 18.2 Å². The molecule has 0 unspecified atom stereocenters. The number of pyridine rings is 1. The molecule has 6 heteroatoms. The number of hydrogen-bond acceptors (Lipinski definition) is 3. The molecule has 2 N–H and O–H groups in total. The average molecular weight is 419 g/mol. The van der Waals surface area contributed by atoms with Crippen molar-refractivity contribution in [3.8, 4) is 0 Å². The van der Waals surface area contributed by atoms with Crippen LogP contribution in [-0.2, 0) is 0 Å². The van der Waals surface area contributed by atoms with E-state index in [1.54, 1.807) is 12.1 Å². The van der Waals surface area contributed by atoms with Gasteiger partial charge in [-0.05, 0) is 68.9 Å². The van der Waals surface area contributed by atoms with E-state index in [1.165, 1.54) is 6.07 Å². The van der Waals surface area contributed by atoms with Gasteiger partial charge in [-0.25, -0.2) is 9.78 Å². The van der Waals surface area contributed by atoms with E-state index < -0.39 is 5.97 Å². The van der Waals surface area contributed by atoms with Gasteiger partial charge >= 0.3 is 5.97 Å². The number of carboxylic acids is 1. The van der Waals surface area contributed by atoms with Gasteiger partial charge in [0.25, 0.3) is 0 Å². The van der Waals surface area contributed by atoms with Gasteiger partial charge in [-0.2, -0.15) is 0 Å². The third-order valence-electron chi connectivity index (χ3n) is 2.16. The normalized spacial score (nSPS) is 10.1. The molecule has 0 spiro atoms. The Morgan fingerprint density at radius 3 is 2.78 bits per heavy atom. The van der Waals surface area contributed by atoms with Crippen LogP contribution in [0.1, 0.15) is 10.5 Å². The minimum Gasteiger partial charge on any atom is -0.477 e. The maximum absolute atomic E-state index is 10.8. The lowest BCUT2D eigenvalue weighted by Gasteiger charge is -2.07. The third-order valence-corrected chi connectivity index (χ3v) is 4.50. The molecule has 1 aromatic carbocycles. The van der Waals surface area contributed by atoms with Crippen molar-refractivity contribution in [2.24, 2.45) is 0 Å². The summed E-state index contributed by atoms with van der Waals surface area (Å²) in [5.41, 5.74) is 0.863. The van der Waals surface area contributed by atoms with Crippen LogP contribution in [0.5, 0.6) is 0 Å². The summed E-state index contributed by atoms with van der Waals surface area (Å²) in [7, 11) is 0. The first kappa shape index (κ1) is 13.3. The van der Waals surface area contributed by atoms with Crippen LogP contribution in [0.3, 0.4) is 0 Å². The first-order chi connectivity index (χ1) is 8.56. The maximum atomic E-state index is 10.8. The Kier molecular flexibility index (Phi) is 4.18. The average Bonchev–Trinajstić information content (AvgIpc) is 2.34. The van der Waals surface area contributed by atoms with Crippen molar-refractivity contribution >= 4 is 56.0 Å². The lowest BCUT2D eigenvalue weighted by Crippen LogP contribution is -2.02. The highest BCUT2D eigenvalue weighted by atomic mass is 127. The summed E-state index contributed by atoms with van der Waals surface area (Å²) in [4.78, 5) is 14.8. The Bertz CT molecular complexity index is 604. The van der Waals surface area contributed by atoms with Crippen molar-refractivity contribution in [3.63, 3.8) is 0 Å². The first-order valence-electron chi connectivity index (χ1n) is 4.98. The molecule has 0 saturated heterocycles. The SMILES string of the molecule is O=C(O)c1cccc(Nc2ccc(I)c(Br)c2)n1. The van der Waals surface area contributed by atoms with Gasteiger partial charge in [0.15, 0.2) is 5.69 Å². The van der Waals surface area contributed by atoms with E-state index >= 15 is 0 Å². The Morgan fingerprint density at radius 1 is 1.33 bits per heavy atom. The monoisotopic (exact) mass is 418 g/mol. The van der Waals surface area contributed by atoms with E-state index in [0.717, 1.165) is 13.7 Å². The molecule has 0 amide bonds. The molecule has 0 saturated carbocycles. The van der Waals surface area contributed by atoms with Crippen LogP contribution < -0.4 is 5.32 Å². The fourth-order valence-electron chi connectivity index (χ4n) is 1.35. The predicted octanol–water partition coefficient (Wildman–Crippen LogP) is 3.89. The second kappa shape index (κ2) is 5.66. The minimum atomic E-state index is -1.04. The Labute approximate surface area is 126 Å². The van der Waals surface area contributed by atoms with Gasteiger partial charge in [-0.3, -0.25) is 0 Å². The number of benzene rings is 1. The molecule has 1 aromatic heterocycles. The third kappa shape index (κ3) is 3.20. The Balaban J connectivity index is 2.25. The summed E-state index contributed by atoms with van der Waals surface area (Å²) in [6.45, 7) is 0. The second-order valence-electron chi connectivity index (χ2n) is 3.47. The molecule has 1 heterocycles. The molecule has 0 radical (unpaired) electrons. The number of aromatic carboxylic acids is 1. The minimum absolute atomic E-state index is 0.0181. The number of nitrogens with zero attached hydrogens (tertiary/aromatic N) is 1. The zero-order valence-corrected chi connectivity index (χ0v) is 12.8. The highest BCUT2D eigenvalue weighted by Crippen LogP contribution is 2.24. The number of carboxylic acid groups (broad SMARTS) is 1. The molecule has 18 heavy (non-hydrogen) atoms. The molecule has 0 bridgehead atoms. The van der Waals surface area contributed by atoms with Crippen LogP contribution in [0, 0.1) is 3.57 Å². The van der Waals surface area contributed by atoms with Crippen LogP contribution in [0.25, 0.3) is 0 Å². The maximum Gasteiger partial charge on any atom is 0.354 e. The van der Waals surface area contributed by atoms with Crippen LogP contribution in [-0.4, -0.2) is 16.1 Å². The molecule has 92 valence electrons. The highest BCUT2D eigenvalue weighted by molar-refractivity contribution is 14.1. The molecule has 4 nitrogen and oxygen atoms in total. The predicted molar refractivity (Wildman–Crippen MR) is 81.3 cm³/mol. The van der Waals surface area contributed by atoms with Crippen molar-refractivity contribution in [3.05, 3.63) is 50.1 Å². The zero-order valence-electron chi connectivity index (χ0n) is 9.02. The zero-order chi connectivity index (χ0) is 13.1. The molecule has 0 aliphatic heterocycles. The molecule has 0 aliphatic carbocycles. The number of carbonyl (C=O) groups is 1. The topological polar surface area (TPSA) is 62.2 Å². The largest absolute Gasteiger partial charge is 0.477 e. The van der Waals surface area contributed by atoms with Gasteiger partial charge in [0.2, 0.25) is 0 Å². The summed E-state index contributed by atoms with van der Waals surface area (Å²) in [6, 6.07) is 10.6. The number of nitrogens with one attached hydrogen (secondary N) is 1. The van der Waals surface area contributed by atoms with Crippen LogP contribution in [0.2, 0.25) is 0 Å². The van der Waals surface area contributed by atoms with Crippen molar-refractivity contribution in [2.45, 2.75) is 0 Å². The molecule has 0 atom stereocenters. The van der Waals surface area contributed by atoms with Crippen molar-refractivity contribution < 1.29 is 9.90 Å². The van der Waals surface area contributed by atoms with Gasteiger partial charge in [-0.15, -0.1) is 0 Å². The number of hydrogen-bond donors (Lipinski definition) is 2. The summed E-state index contributed by atoms with van der Waals surface area (Å²) < 4.78 is 2.08. The van der Waals surface area contributed by atoms with Crippen molar-refractivity contribution in [1.82, 2.24) is 4.98 Å². The summed E-state index contributed by atoms with van der Waals surface area (Å²) in [6.07, 6.45) is 0. The van der Waals surface area contributed by atoms with Crippen molar-refractivity contribution in [1.29, 1.82) is 0 Å². The Hall–Kier alpha value is -1.15. The van der Waals surface area contributed by atoms with Gasteiger partial charge < -0.3 is 10.4 Å². The van der Waals surface area contributed by atoms with Gasteiger partial charge in [0.1, 0.15) is 5.82 Å². The molecular weight excluding hydrogens is 411 g/mol. The fourth-order valence-corrected chi connectivity index (χ4v) is 2.06. The van der Waals surface area contributed by atoms with E-state index in [4.69, 9.17) is 5.11 Å². The van der Waals surface area contributed by atoms with E-state index in [9.17, 15) is 4.79 Å². The number of aromatic nitrogens is 1. The molecule has 2 rings (SSSR count). The molecule has 0 aliphatic rings. The van der Waals surface area contributed by atoms with E-state index in [0.29, 0.717) is 5.82 Å². The second-order valence-corrected chi connectivity index (χ2v) is 5.48.